The molecular formula is C20H28N4O4. The Kier molecular flexibility index (Phi) is 7.17. The highest BCUT2D eigenvalue weighted by atomic mass is 16.5. The first-order valence-electron chi connectivity index (χ1n) is 9.18. The molecule has 1 aromatic heterocycles. The van der Waals surface area contributed by atoms with Crippen molar-refractivity contribution < 1.29 is 19.1 Å². The lowest BCUT2D eigenvalue weighted by Gasteiger charge is -2.20. The Labute approximate surface area is 164 Å². The van der Waals surface area contributed by atoms with E-state index in [2.05, 4.69) is 15.4 Å². The number of rotatable bonds is 8. The Morgan fingerprint density at radius 3 is 2.54 bits per heavy atom. The van der Waals surface area contributed by atoms with Crippen LogP contribution in [-0.2, 0) is 32.6 Å². The second-order valence-corrected chi connectivity index (χ2v) is 7.12. The number of fused-ring (bicyclic) bond motifs is 1. The number of amides is 2. The number of esters is 1. The first kappa shape index (κ1) is 21.4. The number of ether oxygens (including phenoxy) is 1. The molecule has 0 saturated carbocycles. The molecule has 0 saturated heterocycles. The molecule has 8 nitrogen and oxygen atoms in total. The van der Waals surface area contributed by atoms with E-state index in [1.165, 1.54) is 7.11 Å². The normalized spacial score (nSPS) is 13.2. The molecule has 1 heterocycles. The van der Waals surface area contributed by atoms with Gasteiger partial charge < -0.3 is 25.7 Å². The molecule has 4 N–H and O–H groups in total. The van der Waals surface area contributed by atoms with Gasteiger partial charge in [-0.1, -0.05) is 32.0 Å². The fourth-order valence-corrected chi connectivity index (χ4v) is 3.07. The molecule has 0 aliphatic heterocycles. The van der Waals surface area contributed by atoms with Crippen LogP contribution in [0.25, 0.3) is 10.9 Å². The van der Waals surface area contributed by atoms with E-state index in [1.54, 1.807) is 13.8 Å². The van der Waals surface area contributed by atoms with Crippen molar-refractivity contribution in [3.8, 4) is 0 Å². The number of aromatic nitrogens is 1. The number of nitrogens with two attached hydrogens (primary N) is 1. The Bertz CT molecular complexity index is 859. The third-order valence-electron chi connectivity index (χ3n) is 4.62. The highest BCUT2D eigenvalue weighted by Crippen LogP contribution is 2.21. The van der Waals surface area contributed by atoms with Crippen LogP contribution in [0.15, 0.2) is 30.5 Å². The molecule has 0 unspecified atom stereocenters. The molecule has 152 valence electrons. The third-order valence-corrected chi connectivity index (χ3v) is 4.62. The standard InChI is InChI=1S/C20H28N4O4/c1-12(2)18(20(27)28-4)23-17(25)10-22-19(26)15(21)9-13-11-24(3)16-8-6-5-7-14(13)16/h5-8,11-12,15,18H,9-10,21H2,1-4H3,(H,22,26)(H,23,25)/t15-,18+/m0/s1. The summed E-state index contributed by atoms with van der Waals surface area (Å²) in [6, 6.07) is 6.33. The molecule has 0 aliphatic carbocycles. The molecule has 0 fully saturated rings. The summed E-state index contributed by atoms with van der Waals surface area (Å²) in [5, 5.41) is 6.14. The molecule has 28 heavy (non-hydrogen) atoms. The minimum Gasteiger partial charge on any atom is -0.467 e. The SMILES string of the molecule is COC(=O)[C@H](NC(=O)CNC(=O)[C@@H](N)Cc1cn(C)c2ccccc12)C(C)C. The summed E-state index contributed by atoms with van der Waals surface area (Å²) in [6.45, 7) is 3.32. The van der Waals surface area contributed by atoms with E-state index < -0.39 is 29.9 Å². The Hall–Kier alpha value is -2.87. The Balaban J connectivity index is 1.91. The quantitative estimate of drug-likeness (QED) is 0.569. The summed E-state index contributed by atoms with van der Waals surface area (Å²) in [5.74, 6) is -1.57. The number of hydrogen-bond donors (Lipinski definition) is 3. The maximum Gasteiger partial charge on any atom is 0.328 e. The average molecular weight is 388 g/mol. The van der Waals surface area contributed by atoms with Crippen molar-refractivity contribution in [2.45, 2.75) is 32.4 Å². The number of nitrogens with zero attached hydrogens (tertiary/aromatic N) is 1. The lowest BCUT2D eigenvalue weighted by molar-refractivity contribution is -0.146. The maximum atomic E-state index is 12.3. The molecule has 0 spiro atoms. The molecular weight excluding hydrogens is 360 g/mol. The van der Waals surface area contributed by atoms with E-state index >= 15 is 0 Å². The van der Waals surface area contributed by atoms with Crippen LogP contribution in [0.5, 0.6) is 0 Å². The van der Waals surface area contributed by atoms with E-state index in [4.69, 9.17) is 5.73 Å². The second-order valence-electron chi connectivity index (χ2n) is 7.12. The summed E-state index contributed by atoms with van der Waals surface area (Å²) in [7, 11) is 3.20. The molecule has 1 aromatic carbocycles. The zero-order chi connectivity index (χ0) is 20.8. The zero-order valence-electron chi connectivity index (χ0n) is 16.7. The minimum absolute atomic E-state index is 0.138. The lowest BCUT2D eigenvalue weighted by atomic mass is 10.0. The van der Waals surface area contributed by atoms with Gasteiger partial charge in [-0.05, 0) is 24.0 Å². The van der Waals surface area contributed by atoms with Gasteiger partial charge >= 0.3 is 5.97 Å². The van der Waals surface area contributed by atoms with Crippen molar-refractivity contribution in [1.82, 2.24) is 15.2 Å². The first-order valence-corrected chi connectivity index (χ1v) is 9.18. The van der Waals surface area contributed by atoms with E-state index in [1.807, 2.05) is 42.1 Å². The van der Waals surface area contributed by atoms with Crippen molar-refractivity contribution >= 4 is 28.7 Å². The van der Waals surface area contributed by atoms with Crippen molar-refractivity contribution in [2.24, 2.45) is 18.7 Å². The summed E-state index contributed by atoms with van der Waals surface area (Å²) in [6.07, 6.45) is 2.31. The van der Waals surface area contributed by atoms with Crippen molar-refractivity contribution in [3.63, 3.8) is 0 Å². The topological polar surface area (TPSA) is 115 Å². The van der Waals surface area contributed by atoms with Gasteiger partial charge in [0.1, 0.15) is 6.04 Å². The molecule has 2 aromatic rings. The fourth-order valence-electron chi connectivity index (χ4n) is 3.07. The number of carbonyl (C=O) groups is 3. The summed E-state index contributed by atoms with van der Waals surface area (Å²) >= 11 is 0. The smallest absolute Gasteiger partial charge is 0.328 e. The van der Waals surface area contributed by atoms with Crippen molar-refractivity contribution in [2.75, 3.05) is 13.7 Å². The van der Waals surface area contributed by atoms with Gasteiger partial charge in [-0.2, -0.15) is 0 Å². The summed E-state index contributed by atoms with van der Waals surface area (Å²) < 4.78 is 6.67. The number of carbonyl (C=O) groups excluding carboxylic acids is 3. The van der Waals surface area contributed by atoms with Gasteiger partial charge in [0.15, 0.2) is 0 Å². The molecule has 0 bridgehead atoms. The summed E-state index contributed by atoms with van der Waals surface area (Å²) in [5.41, 5.74) is 8.06. The molecule has 0 radical (unpaired) electrons. The minimum atomic E-state index is -0.792. The Morgan fingerprint density at radius 2 is 1.89 bits per heavy atom. The van der Waals surface area contributed by atoms with E-state index in [-0.39, 0.29) is 12.5 Å². The fraction of sp³-hybridized carbons (Fsp3) is 0.450. The molecule has 8 heteroatoms. The molecule has 2 amide bonds. The highest BCUT2D eigenvalue weighted by molar-refractivity contribution is 5.90. The lowest BCUT2D eigenvalue weighted by Crippen LogP contribution is -2.50. The van der Waals surface area contributed by atoms with Crippen molar-refractivity contribution in [1.29, 1.82) is 0 Å². The number of aryl methyl sites for hydroxylation is 1. The van der Waals surface area contributed by atoms with Gasteiger partial charge in [0, 0.05) is 24.1 Å². The number of methoxy groups -OCH3 is 1. The number of nitrogens with one attached hydrogen (secondary N) is 2. The van der Waals surface area contributed by atoms with Crippen LogP contribution in [0, 0.1) is 5.92 Å². The van der Waals surface area contributed by atoms with Gasteiger partial charge in [-0.3, -0.25) is 9.59 Å². The number of para-hydroxylation sites is 1. The van der Waals surface area contributed by atoms with Gasteiger partial charge in [-0.25, -0.2) is 4.79 Å². The number of hydrogen-bond acceptors (Lipinski definition) is 5. The zero-order valence-corrected chi connectivity index (χ0v) is 16.7. The Morgan fingerprint density at radius 1 is 1.21 bits per heavy atom. The van der Waals surface area contributed by atoms with Crippen LogP contribution in [-0.4, -0.2) is 48.1 Å². The predicted molar refractivity (Wildman–Crippen MR) is 106 cm³/mol. The van der Waals surface area contributed by atoms with Crippen LogP contribution in [0.4, 0.5) is 0 Å². The van der Waals surface area contributed by atoms with E-state index in [0.717, 1.165) is 16.5 Å². The van der Waals surface area contributed by atoms with Gasteiger partial charge in [0.2, 0.25) is 11.8 Å². The average Bonchev–Trinajstić information content (AvgIpc) is 2.99. The van der Waals surface area contributed by atoms with Crippen LogP contribution >= 0.6 is 0 Å². The van der Waals surface area contributed by atoms with Crippen LogP contribution in [0.1, 0.15) is 19.4 Å². The molecule has 2 rings (SSSR count). The monoisotopic (exact) mass is 388 g/mol. The van der Waals surface area contributed by atoms with Gasteiger partial charge in [0.05, 0.1) is 19.7 Å². The largest absolute Gasteiger partial charge is 0.467 e. The highest BCUT2D eigenvalue weighted by Gasteiger charge is 2.25. The van der Waals surface area contributed by atoms with Crippen LogP contribution in [0.3, 0.4) is 0 Å². The van der Waals surface area contributed by atoms with E-state index in [9.17, 15) is 14.4 Å². The maximum absolute atomic E-state index is 12.3. The van der Waals surface area contributed by atoms with E-state index in [0.29, 0.717) is 6.42 Å². The third kappa shape index (κ3) is 5.10. The molecule has 0 aliphatic rings. The predicted octanol–water partition coefficient (Wildman–Crippen LogP) is 0.478. The van der Waals surface area contributed by atoms with Gasteiger partial charge in [-0.15, -0.1) is 0 Å². The second kappa shape index (κ2) is 9.36. The first-order chi connectivity index (χ1) is 13.2. The number of benzene rings is 1. The van der Waals surface area contributed by atoms with Crippen LogP contribution < -0.4 is 16.4 Å². The molecule has 2 atom stereocenters. The van der Waals surface area contributed by atoms with Gasteiger partial charge in [0.25, 0.3) is 0 Å². The van der Waals surface area contributed by atoms with Crippen molar-refractivity contribution in [3.05, 3.63) is 36.0 Å². The van der Waals surface area contributed by atoms with Crippen LogP contribution in [0.2, 0.25) is 0 Å². The summed E-state index contributed by atoms with van der Waals surface area (Å²) in [4.78, 5) is 36.1.